The third-order valence-electron chi connectivity index (χ3n) is 3.07. The fourth-order valence-corrected chi connectivity index (χ4v) is 2.86. The standard InChI is InChI=1S/C17H16Cl2N2O3S/c1-24-12-7-5-11(6-8-12)20-15(22)9-25-10-16(23)21-14-4-2-3-13(18)17(14)19/h2-8H,9-10H2,1H3,(H,20,22)(H,21,23). The largest absolute Gasteiger partial charge is 0.497 e. The molecule has 0 aromatic heterocycles. The van der Waals surface area contributed by atoms with Crippen LogP contribution in [0.2, 0.25) is 10.0 Å². The molecule has 0 aliphatic heterocycles. The van der Waals surface area contributed by atoms with Gasteiger partial charge in [-0.05, 0) is 36.4 Å². The number of hydrogen-bond acceptors (Lipinski definition) is 4. The number of thioether (sulfide) groups is 1. The zero-order valence-corrected chi connectivity index (χ0v) is 15.7. The van der Waals surface area contributed by atoms with E-state index in [1.165, 1.54) is 11.8 Å². The molecule has 2 rings (SSSR count). The van der Waals surface area contributed by atoms with Crippen LogP contribution in [-0.4, -0.2) is 30.4 Å². The molecule has 132 valence electrons. The average molecular weight is 399 g/mol. The fourth-order valence-electron chi connectivity index (χ4n) is 1.89. The van der Waals surface area contributed by atoms with E-state index in [1.807, 2.05) is 0 Å². The van der Waals surface area contributed by atoms with Gasteiger partial charge in [-0.25, -0.2) is 0 Å². The molecular formula is C17H16Cl2N2O3S. The predicted octanol–water partition coefficient (Wildman–Crippen LogP) is 4.31. The maximum atomic E-state index is 11.9. The maximum Gasteiger partial charge on any atom is 0.234 e. The molecule has 0 atom stereocenters. The van der Waals surface area contributed by atoms with Crippen molar-refractivity contribution in [2.24, 2.45) is 0 Å². The molecule has 8 heteroatoms. The van der Waals surface area contributed by atoms with Gasteiger partial charge in [0, 0.05) is 5.69 Å². The van der Waals surface area contributed by atoms with Crippen LogP contribution in [0.5, 0.6) is 5.75 Å². The Morgan fingerprint density at radius 2 is 1.64 bits per heavy atom. The van der Waals surface area contributed by atoms with Crippen LogP contribution in [0.25, 0.3) is 0 Å². The number of methoxy groups -OCH3 is 1. The molecule has 0 unspecified atom stereocenters. The van der Waals surface area contributed by atoms with Gasteiger partial charge in [-0.2, -0.15) is 0 Å². The molecular weight excluding hydrogens is 383 g/mol. The molecule has 0 saturated carbocycles. The van der Waals surface area contributed by atoms with Gasteiger partial charge in [0.25, 0.3) is 0 Å². The lowest BCUT2D eigenvalue weighted by Gasteiger charge is -2.08. The molecule has 0 aliphatic carbocycles. The zero-order valence-electron chi connectivity index (χ0n) is 13.3. The third kappa shape index (κ3) is 6.16. The van der Waals surface area contributed by atoms with Crippen molar-refractivity contribution < 1.29 is 14.3 Å². The second-order valence-corrected chi connectivity index (χ2v) is 6.69. The minimum atomic E-state index is -0.258. The molecule has 0 bridgehead atoms. The summed E-state index contributed by atoms with van der Waals surface area (Å²) in [5, 5.41) is 6.07. The highest BCUT2D eigenvalue weighted by Crippen LogP contribution is 2.29. The maximum absolute atomic E-state index is 11.9. The number of anilines is 2. The molecule has 0 aliphatic rings. The summed E-state index contributed by atoms with van der Waals surface area (Å²) < 4.78 is 5.05. The number of benzene rings is 2. The van der Waals surface area contributed by atoms with Gasteiger partial charge in [0.1, 0.15) is 5.75 Å². The lowest BCUT2D eigenvalue weighted by atomic mass is 10.3. The Labute approximate surface area is 160 Å². The van der Waals surface area contributed by atoms with E-state index in [4.69, 9.17) is 27.9 Å². The first kappa shape index (κ1) is 19.4. The minimum Gasteiger partial charge on any atom is -0.497 e. The first-order valence-electron chi connectivity index (χ1n) is 7.25. The van der Waals surface area contributed by atoms with Gasteiger partial charge in [0.15, 0.2) is 0 Å². The molecule has 2 aromatic carbocycles. The highest BCUT2D eigenvalue weighted by Gasteiger charge is 2.10. The molecule has 2 amide bonds. The summed E-state index contributed by atoms with van der Waals surface area (Å²) in [6.45, 7) is 0. The van der Waals surface area contributed by atoms with E-state index >= 15 is 0 Å². The van der Waals surface area contributed by atoms with Crippen LogP contribution in [0.15, 0.2) is 42.5 Å². The second-order valence-electron chi connectivity index (χ2n) is 4.92. The van der Waals surface area contributed by atoms with Crippen molar-refractivity contribution in [1.29, 1.82) is 0 Å². The summed E-state index contributed by atoms with van der Waals surface area (Å²) in [6.07, 6.45) is 0. The van der Waals surface area contributed by atoms with Gasteiger partial charge in [0.2, 0.25) is 11.8 Å². The van der Waals surface area contributed by atoms with Crippen LogP contribution in [-0.2, 0) is 9.59 Å². The lowest BCUT2D eigenvalue weighted by Crippen LogP contribution is -2.18. The molecule has 0 spiro atoms. The van der Waals surface area contributed by atoms with Gasteiger partial charge in [-0.15, -0.1) is 11.8 Å². The highest BCUT2D eigenvalue weighted by atomic mass is 35.5. The number of ether oxygens (including phenoxy) is 1. The normalized spacial score (nSPS) is 10.2. The van der Waals surface area contributed by atoms with Crippen molar-refractivity contribution in [2.75, 3.05) is 29.2 Å². The third-order valence-corrected chi connectivity index (χ3v) is 4.82. The summed E-state index contributed by atoms with van der Waals surface area (Å²) in [7, 11) is 1.58. The number of rotatable bonds is 7. The Balaban J connectivity index is 1.74. The van der Waals surface area contributed by atoms with Crippen molar-refractivity contribution in [3.8, 4) is 5.75 Å². The first-order chi connectivity index (χ1) is 12.0. The van der Waals surface area contributed by atoms with E-state index in [2.05, 4.69) is 10.6 Å². The number of halogens is 2. The topological polar surface area (TPSA) is 67.4 Å². The quantitative estimate of drug-likeness (QED) is 0.728. The number of carbonyl (C=O) groups is 2. The molecule has 0 heterocycles. The summed E-state index contributed by atoms with van der Waals surface area (Å²) in [4.78, 5) is 23.8. The average Bonchev–Trinajstić information content (AvgIpc) is 2.59. The van der Waals surface area contributed by atoms with E-state index < -0.39 is 0 Å². The predicted molar refractivity (Wildman–Crippen MR) is 104 cm³/mol. The number of nitrogens with one attached hydrogen (secondary N) is 2. The van der Waals surface area contributed by atoms with Crippen LogP contribution in [0.4, 0.5) is 11.4 Å². The Morgan fingerprint density at radius 3 is 2.28 bits per heavy atom. The van der Waals surface area contributed by atoms with Gasteiger partial charge < -0.3 is 15.4 Å². The fraction of sp³-hybridized carbons (Fsp3) is 0.176. The smallest absolute Gasteiger partial charge is 0.234 e. The Kier molecular flexibility index (Phi) is 7.43. The van der Waals surface area contributed by atoms with E-state index in [0.29, 0.717) is 27.2 Å². The Morgan fingerprint density at radius 1 is 1.00 bits per heavy atom. The number of hydrogen-bond donors (Lipinski definition) is 2. The molecule has 0 saturated heterocycles. The molecule has 0 radical (unpaired) electrons. The van der Waals surface area contributed by atoms with Crippen molar-refractivity contribution in [3.63, 3.8) is 0 Å². The highest BCUT2D eigenvalue weighted by molar-refractivity contribution is 8.00. The first-order valence-corrected chi connectivity index (χ1v) is 9.16. The molecule has 5 nitrogen and oxygen atoms in total. The van der Waals surface area contributed by atoms with E-state index in [9.17, 15) is 9.59 Å². The van der Waals surface area contributed by atoms with Gasteiger partial charge in [0.05, 0.1) is 34.3 Å². The summed E-state index contributed by atoms with van der Waals surface area (Å²) in [5.41, 5.74) is 1.11. The van der Waals surface area contributed by atoms with Crippen LogP contribution < -0.4 is 15.4 Å². The second kappa shape index (κ2) is 9.56. The van der Waals surface area contributed by atoms with E-state index in [1.54, 1.807) is 49.6 Å². The molecule has 0 fully saturated rings. The van der Waals surface area contributed by atoms with Gasteiger partial charge >= 0.3 is 0 Å². The minimum absolute atomic E-state index is 0.124. The summed E-state index contributed by atoms with van der Waals surface area (Å²) in [6, 6.07) is 12.0. The molecule has 2 N–H and O–H groups in total. The van der Waals surface area contributed by atoms with E-state index in [0.717, 1.165) is 0 Å². The van der Waals surface area contributed by atoms with Crippen molar-refractivity contribution in [1.82, 2.24) is 0 Å². The van der Waals surface area contributed by atoms with Crippen LogP contribution >= 0.6 is 35.0 Å². The Bertz CT molecular complexity index is 754. The van der Waals surface area contributed by atoms with E-state index in [-0.39, 0.29) is 23.3 Å². The summed E-state index contributed by atoms with van der Waals surface area (Å²) in [5.74, 6) is 0.542. The zero-order chi connectivity index (χ0) is 18.2. The number of carbonyl (C=O) groups excluding carboxylic acids is 2. The SMILES string of the molecule is COc1ccc(NC(=O)CSCC(=O)Nc2cccc(Cl)c2Cl)cc1. The van der Waals surface area contributed by atoms with Crippen molar-refractivity contribution in [2.45, 2.75) is 0 Å². The van der Waals surface area contributed by atoms with Gasteiger partial charge in [-0.1, -0.05) is 29.3 Å². The summed E-state index contributed by atoms with van der Waals surface area (Å²) >= 11 is 13.1. The molecule has 2 aromatic rings. The molecule has 25 heavy (non-hydrogen) atoms. The number of amides is 2. The lowest BCUT2D eigenvalue weighted by molar-refractivity contribution is -0.114. The van der Waals surface area contributed by atoms with Crippen LogP contribution in [0, 0.1) is 0 Å². The Hall–Kier alpha value is -1.89. The van der Waals surface area contributed by atoms with Crippen molar-refractivity contribution >= 4 is 58.2 Å². The van der Waals surface area contributed by atoms with Crippen LogP contribution in [0.1, 0.15) is 0 Å². The monoisotopic (exact) mass is 398 g/mol. The van der Waals surface area contributed by atoms with Crippen LogP contribution in [0.3, 0.4) is 0 Å². The van der Waals surface area contributed by atoms with Gasteiger partial charge in [-0.3, -0.25) is 9.59 Å². The van der Waals surface area contributed by atoms with Crippen molar-refractivity contribution in [3.05, 3.63) is 52.5 Å².